The van der Waals surface area contributed by atoms with E-state index < -0.39 is 5.25 Å². The number of nitrogens with one attached hydrogen (secondary N) is 1. The van der Waals surface area contributed by atoms with E-state index in [-0.39, 0.29) is 11.5 Å². The minimum atomic E-state index is -0.632. The van der Waals surface area contributed by atoms with E-state index in [0.717, 1.165) is 28.3 Å². The summed E-state index contributed by atoms with van der Waals surface area (Å²) in [6, 6.07) is 29.9. The summed E-state index contributed by atoms with van der Waals surface area (Å²) in [6.45, 7) is 0.502. The Morgan fingerprint density at radius 3 is 1.90 bits per heavy atom. The van der Waals surface area contributed by atoms with Crippen molar-refractivity contribution in [2.45, 2.75) is 11.8 Å². The van der Waals surface area contributed by atoms with Gasteiger partial charge in [-0.2, -0.15) is 5.10 Å². The molecule has 0 radical (unpaired) electrons. The number of carbonyl (C=O) groups is 1. The molecule has 1 atom stereocenters. The molecule has 0 aliphatic carbocycles. The fourth-order valence-electron chi connectivity index (χ4n) is 4.29. The number of rotatable bonds is 11. The zero-order chi connectivity index (χ0) is 30.1. The fraction of sp³-hybridized carbons (Fsp3) is 0.212. The third kappa shape index (κ3) is 7.55. The quantitative estimate of drug-likeness (QED) is 0.0916. The third-order valence-electron chi connectivity index (χ3n) is 6.65. The monoisotopic (exact) mass is 584 g/mol. The molecule has 0 amide bonds. The van der Waals surface area contributed by atoms with Crippen molar-refractivity contribution in [3.05, 3.63) is 114 Å². The molecule has 0 bridgehead atoms. The van der Waals surface area contributed by atoms with E-state index in [1.54, 1.807) is 33.4 Å². The van der Waals surface area contributed by atoms with E-state index in [0.29, 0.717) is 23.0 Å². The maximum Gasteiger partial charge on any atom is 0.188 e. The van der Waals surface area contributed by atoms with Crippen molar-refractivity contribution in [3.63, 3.8) is 0 Å². The zero-order valence-corrected chi connectivity index (χ0v) is 25.3. The molecule has 0 aliphatic heterocycles. The first-order valence-electron chi connectivity index (χ1n) is 13.4. The van der Waals surface area contributed by atoms with Crippen LogP contribution < -0.4 is 24.7 Å². The summed E-state index contributed by atoms with van der Waals surface area (Å²) in [6.07, 6.45) is 0. The molecule has 9 heteroatoms. The molecule has 0 heterocycles. The van der Waals surface area contributed by atoms with Crippen molar-refractivity contribution in [2.24, 2.45) is 5.10 Å². The van der Waals surface area contributed by atoms with Crippen LogP contribution in [-0.4, -0.2) is 51.4 Å². The van der Waals surface area contributed by atoms with Crippen molar-refractivity contribution in [2.75, 3.05) is 45.2 Å². The van der Waals surface area contributed by atoms with Gasteiger partial charge in [-0.15, -0.1) is 0 Å². The molecular formula is C33H36N4O4S. The Balaban J connectivity index is 1.77. The highest BCUT2D eigenvalue weighted by Gasteiger charge is 2.28. The lowest BCUT2D eigenvalue weighted by atomic mass is 10.0. The van der Waals surface area contributed by atoms with Gasteiger partial charge in [0.05, 0.1) is 20.8 Å². The second-order valence-corrected chi connectivity index (χ2v) is 10.7. The van der Waals surface area contributed by atoms with Crippen LogP contribution in [0.5, 0.6) is 17.2 Å². The largest absolute Gasteiger partial charge is 0.508 e. The summed E-state index contributed by atoms with van der Waals surface area (Å²) in [5.74, 6) is 1.47. The standard InChI is InChI=1S/C33H36N4O4S/c1-34-35-33(37(22-23-6-18-29(40-4)19-7-23)27-14-12-26(13-15-27)36(2)3)42-32(25-10-20-30(41-5)21-11-25)31(39)24-8-16-28(38)17-9-24/h6-21,32,34,38H,22H2,1-5H3/b35-33+. The molecule has 1 unspecified atom stereocenters. The minimum Gasteiger partial charge on any atom is -0.508 e. The number of benzene rings is 4. The van der Waals surface area contributed by atoms with Gasteiger partial charge in [0.1, 0.15) is 22.5 Å². The van der Waals surface area contributed by atoms with Gasteiger partial charge in [0, 0.05) is 38.1 Å². The van der Waals surface area contributed by atoms with Crippen molar-refractivity contribution >= 4 is 34.1 Å². The predicted molar refractivity (Wildman–Crippen MR) is 172 cm³/mol. The molecule has 0 aliphatic rings. The van der Waals surface area contributed by atoms with Crippen LogP contribution in [0.3, 0.4) is 0 Å². The molecule has 8 nitrogen and oxygen atoms in total. The average molecular weight is 585 g/mol. The number of hydrazone groups is 1. The number of ether oxygens (including phenoxy) is 2. The number of thioether (sulfide) groups is 1. The number of phenolic OH excluding ortho intramolecular Hbond substituents is 1. The van der Waals surface area contributed by atoms with Crippen molar-refractivity contribution < 1.29 is 19.4 Å². The van der Waals surface area contributed by atoms with Crippen LogP contribution in [0, 0.1) is 0 Å². The van der Waals surface area contributed by atoms with E-state index in [1.165, 1.54) is 23.9 Å². The number of hydrogen-bond acceptors (Lipinski definition) is 8. The number of ketones is 1. The molecule has 0 spiro atoms. The van der Waals surface area contributed by atoms with Crippen LogP contribution in [0.4, 0.5) is 11.4 Å². The SMILES string of the molecule is CN/N=C(/SC(C(=O)c1ccc(O)cc1)c1ccc(OC)cc1)N(Cc1ccc(OC)cc1)c1ccc(N(C)C)cc1. The summed E-state index contributed by atoms with van der Waals surface area (Å²) in [7, 11) is 9.00. The number of phenols is 1. The Labute approximate surface area is 251 Å². The molecule has 4 aromatic carbocycles. The number of carbonyl (C=O) groups excluding carboxylic acids is 1. The van der Waals surface area contributed by atoms with Crippen LogP contribution in [0.1, 0.15) is 26.7 Å². The summed E-state index contributed by atoms with van der Waals surface area (Å²) in [5, 5.41) is 14.5. The summed E-state index contributed by atoms with van der Waals surface area (Å²) >= 11 is 1.35. The Hall–Kier alpha value is -4.63. The number of aromatic hydroxyl groups is 1. The maximum absolute atomic E-state index is 14.0. The Morgan fingerprint density at radius 2 is 1.38 bits per heavy atom. The van der Waals surface area contributed by atoms with Crippen LogP contribution in [-0.2, 0) is 6.54 Å². The second kappa shape index (κ2) is 14.3. The molecule has 2 N–H and O–H groups in total. The number of amidine groups is 1. The van der Waals surface area contributed by atoms with Crippen molar-refractivity contribution in [1.29, 1.82) is 0 Å². The first-order valence-corrected chi connectivity index (χ1v) is 14.3. The smallest absolute Gasteiger partial charge is 0.188 e. The van der Waals surface area contributed by atoms with Gasteiger partial charge in [-0.25, -0.2) is 0 Å². The topological polar surface area (TPSA) is 86.6 Å². The number of anilines is 2. The summed E-state index contributed by atoms with van der Waals surface area (Å²) in [5.41, 5.74) is 7.27. The highest BCUT2D eigenvalue weighted by molar-refractivity contribution is 8.14. The van der Waals surface area contributed by atoms with Crippen LogP contribution in [0.25, 0.3) is 0 Å². The van der Waals surface area contributed by atoms with Gasteiger partial charge in [-0.05, 0) is 83.9 Å². The van der Waals surface area contributed by atoms with E-state index in [4.69, 9.17) is 9.47 Å². The minimum absolute atomic E-state index is 0.101. The van der Waals surface area contributed by atoms with Crippen molar-refractivity contribution in [1.82, 2.24) is 5.43 Å². The van der Waals surface area contributed by atoms with Gasteiger partial charge in [0.25, 0.3) is 0 Å². The lowest BCUT2D eigenvalue weighted by Gasteiger charge is -2.28. The Kier molecular flexibility index (Phi) is 10.3. The zero-order valence-electron chi connectivity index (χ0n) is 24.4. The Morgan fingerprint density at radius 1 is 0.833 bits per heavy atom. The van der Waals surface area contributed by atoms with Gasteiger partial charge in [-0.3, -0.25) is 4.79 Å². The third-order valence-corrected chi connectivity index (χ3v) is 7.89. The highest BCUT2D eigenvalue weighted by Crippen LogP contribution is 2.37. The maximum atomic E-state index is 14.0. The van der Waals surface area contributed by atoms with E-state index in [9.17, 15) is 9.90 Å². The molecule has 0 saturated carbocycles. The second-order valence-electron chi connectivity index (χ2n) is 9.65. The van der Waals surface area contributed by atoms with E-state index >= 15 is 0 Å². The first kappa shape index (κ1) is 30.3. The molecule has 0 aromatic heterocycles. The van der Waals surface area contributed by atoms with E-state index in [1.807, 2.05) is 67.5 Å². The van der Waals surface area contributed by atoms with Crippen LogP contribution in [0.15, 0.2) is 102 Å². The Bertz CT molecular complexity index is 1470. The molecule has 0 saturated heterocycles. The number of hydrogen-bond donors (Lipinski definition) is 2. The molecule has 42 heavy (non-hydrogen) atoms. The van der Waals surface area contributed by atoms with Crippen molar-refractivity contribution in [3.8, 4) is 17.2 Å². The summed E-state index contributed by atoms with van der Waals surface area (Å²) in [4.78, 5) is 18.1. The highest BCUT2D eigenvalue weighted by atomic mass is 32.2. The molecule has 0 fully saturated rings. The van der Waals surface area contributed by atoms with Gasteiger partial charge >= 0.3 is 0 Å². The predicted octanol–water partition coefficient (Wildman–Crippen LogP) is 6.33. The molecule has 4 aromatic rings. The lowest BCUT2D eigenvalue weighted by Crippen LogP contribution is -2.31. The number of nitrogens with zero attached hydrogens (tertiary/aromatic N) is 3. The fourth-order valence-corrected chi connectivity index (χ4v) is 5.48. The lowest BCUT2D eigenvalue weighted by molar-refractivity contribution is 0.0989. The normalized spacial score (nSPS) is 11.9. The number of Topliss-reactive ketones (excluding diaryl/α,β-unsaturated/α-hetero) is 1. The average Bonchev–Trinajstić information content (AvgIpc) is 3.02. The van der Waals surface area contributed by atoms with Gasteiger partial charge in [0.15, 0.2) is 11.0 Å². The van der Waals surface area contributed by atoms with Gasteiger partial charge < -0.3 is 29.8 Å². The summed E-state index contributed by atoms with van der Waals surface area (Å²) < 4.78 is 10.7. The first-order chi connectivity index (χ1) is 20.3. The molecule has 4 rings (SSSR count). The molecular weight excluding hydrogens is 548 g/mol. The number of methoxy groups -OCH3 is 2. The van der Waals surface area contributed by atoms with Crippen LogP contribution in [0.2, 0.25) is 0 Å². The van der Waals surface area contributed by atoms with Crippen LogP contribution >= 0.6 is 11.8 Å². The van der Waals surface area contributed by atoms with Gasteiger partial charge in [0.2, 0.25) is 0 Å². The molecule has 218 valence electrons. The van der Waals surface area contributed by atoms with Gasteiger partial charge in [-0.1, -0.05) is 36.0 Å². The van der Waals surface area contributed by atoms with E-state index in [2.05, 4.69) is 39.7 Å².